The van der Waals surface area contributed by atoms with Crippen LogP contribution in [0.2, 0.25) is 0 Å². The van der Waals surface area contributed by atoms with Crippen molar-refractivity contribution in [3.8, 4) is 0 Å². The number of benzene rings is 2. The van der Waals surface area contributed by atoms with Crippen LogP contribution in [0.4, 0.5) is 8.78 Å². The van der Waals surface area contributed by atoms with Gasteiger partial charge < -0.3 is 15.3 Å². The van der Waals surface area contributed by atoms with Crippen molar-refractivity contribution in [2.24, 2.45) is 7.05 Å². The standard InChI is InChI=1S/C25H26F2N4O4/c1-14-4-7-18(21(26)10-14)24(19-8-5-15(2)11-22(19)27)20(25-28-29-30-31(25)3)9-6-16(32)12-17(33)13-23(34)35/h4-11,16-17,32-33H,12-13H2,1-3H3,(H,34,35)/b9-6+. The van der Waals surface area contributed by atoms with Gasteiger partial charge in [0.1, 0.15) is 11.6 Å². The number of nitrogens with zero attached hydrogens (tertiary/aromatic N) is 4. The van der Waals surface area contributed by atoms with E-state index in [-0.39, 0.29) is 34.5 Å². The lowest BCUT2D eigenvalue weighted by Gasteiger charge is -2.16. The molecular weight excluding hydrogens is 458 g/mol. The first-order valence-electron chi connectivity index (χ1n) is 10.8. The molecule has 1 heterocycles. The van der Waals surface area contributed by atoms with E-state index < -0.39 is 36.2 Å². The molecule has 0 spiro atoms. The summed E-state index contributed by atoms with van der Waals surface area (Å²) in [6.07, 6.45) is -0.590. The van der Waals surface area contributed by atoms with Crippen LogP contribution in [0.15, 0.2) is 48.6 Å². The number of aromatic nitrogens is 4. The van der Waals surface area contributed by atoms with Crippen LogP contribution in [-0.4, -0.2) is 53.7 Å². The van der Waals surface area contributed by atoms with E-state index >= 15 is 8.78 Å². The van der Waals surface area contributed by atoms with Gasteiger partial charge in [0.25, 0.3) is 0 Å². The van der Waals surface area contributed by atoms with E-state index in [0.29, 0.717) is 11.1 Å². The predicted molar refractivity (Wildman–Crippen MR) is 125 cm³/mol. The third-order valence-electron chi connectivity index (χ3n) is 5.33. The van der Waals surface area contributed by atoms with Gasteiger partial charge in [0, 0.05) is 35.7 Å². The van der Waals surface area contributed by atoms with E-state index in [2.05, 4.69) is 15.5 Å². The summed E-state index contributed by atoms with van der Waals surface area (Å²) < 4.78 is 31.8. The molecule has 3 aromatic rings. The number of halogens is 2. The van der Waals surface area contributed by atoms with Crippen molar-refractivity contribution >= 4 is 17.1 Å². The highest BCUT2D eigenvalue weighted by molar-refractivity contribution is 6.01. The van der Waals surface area contributed by atoms with Crippen LogP contribution in [0.1, 0.15) is 40.9 Å². The third-order valence-corrected chi connectivity index (χ3v) is 5.33. The molecule has 2 unspecified atom stereocenters. The van der Waals surface area contributed by atoms with Gasteiger partial charge in [0.05, 0.1) is 18.6 Å². The quantitative estimate of drug-likeness (QED) is 0.399. The van der Waals surface area contributed by atoms with E-state index in [9.17, 15) is 15.0 Å². The Balaban J connectivity index is 2.24. The Morgan fingerprint density at radius 3 is 2.09 bits per heavy atom. The number of aliphatic carboxylic acids is 1. The second kappa shape index (κ2) is 11.1. The average molecular weight is 485 g/mol. The topological polar surface area (TPSA) is 121 Å². The van der Waals surface area contributed by atoms with E-state index in [1.807, 2.05) is 0 Å². The molecule has 3 rings (SSSR count). The molecule has 0 radical (unpaired) electrons. The molecule has 3 N–H and O–H groups in total. The highest BCUT2D eigenvalue weighted by atomic mass is 19.1. The summed E-state index contributed by atoms with van der Waals surface area (Å²) in [4.78, 5) is 10.8. The summed E-state index contributed by atoms with van der Waals surface area (Å²) in [6.45, 7) is 3.46. The Morgan fingerprint density at radius 2 is 1.63 bits per heavy atom. The summed E-state index contributed by atoms with van der Waals surface area (Å²) >= 11 is 0. The SMILES string of the molecule is Cc1ccc(C(=C(/C=C/C(O)CC(O)CC(=O)O)c2nnnn2C)c2ccc(C)cc2F)c(F)c1. The van der Waals surface area contributed by atoms with Gasteiger partial charge in [0.2, 0.25) is 0 Å². The normalized spacial score (nSPS) is 13.1. The highest BCUT2D eigenvalue weighted by Crippen LogP contribution is 2.35. The fourth-order valence-corrected chi connectivity index (χ4v) is 3.66. The first kappa shape index (κ1) is 25.9. The van der Waals surface area contributed by atoms with Gasteiger partial charge in [-0.1, -0.05) is 36.4 Å². The number of hydrogen-bond donors (Lipinski definition) is 3. The average Bonchev–Trinajstić information content (AvgIpc) is 3.17. The summed E-state index contributed by atoms with van der Waals surface area (Å²) in [7, 11) is 1.56. The molecule has 184 valence electrons. The number of aliphatic hydroxyl groups is 2. The fraction of sp³-hybridized carbons (Fsp3) is 0.280. The minimum atomic E-state index is -1.28. The minimum Gasteiger partial charge on any atom is -0.481 e. The molecule has 0 saturated carbocycles. The first-order chi connectivity index (χ1) is 16.6. The smallest absolute Gasteiger partial charge is 0.305 e. The lowest BCUT2D eigenvalue weighted by molar-refractivity contribution is -0.139. The second-order valence-electron chi connectivity index (χ2n) is 8.30. The molecule has 0 fully saturated rings. The maximum Gasteiger partial charge on any atom is 0.305 e. The Morgan fingerprint density at radius 1 is 1.06 bits per heavy atom. The first-order valence-corrected chi connectivity index (χ1v) is 10.8. The number of aryl methyl sites for hydroxylation is 3. The van der Waals surface area contributed by atoms with Gasteiger partial charge in [-0.25, -0.2) is 13.5 Å². The molecule has 0 amide bonds. The van der Waals surface area contributed by atoms with E-state index in [4.69, 9.17) is 5.11 Å². The van der Waals surface area contributed by atoms with Crippen molar-refractivity contribution in [1.82, 2.24) is 20.2 Å². The van der Waals surface area contributed by atoms with Gasteiger partial charge in [-0.3, -0.25) is 4.79 Å². The van der Waals surface area contributed by atoms with Gasteiger partial charge >= 0.3 is 5.97 Å². The molecule has 35 heavy (non-hydrogen) atoms. The van der Waals surface area contributed by atoms with Crippen molar-refractivity contribution in [2.45, 2.75) is 38.9 Å². The van der Waals surface area contributed by atoms with Crippen LogP contribution in [0.25, 0.3) is 11.1 Å². The lowest BCUT2D eigenvalue weighted by Crippen LogP contribution is -2.19. The Bertz CT molecular complexity index is 1230. The van der Waals surface area contributed by atoms with Gasteiger partial charge in [-0.15, -0.1) is 5.10 Å². The monoisotopic (exact) mass is 484 g/mol. The predicted octanol–water partition coefficient (Wildman–Crippen LogP) is 3.21. The van der Waals surface area contributed by atoms with Crippen LogP contribution in [0, 0.1) is 25.5 Å². The van der Waals surface area contributed by atoms with Gasteiger partial charge in [-0.2, -0.15) is 0 Å². The number of carbonyl (C=O) groups is 1. The summed E-state index contributed by atoms with van der Waals surface area (Å²) in [5.74, 6) is -2.20. The second-order valence-corrected chi connectivity index (χ2v) is 8.30. The van der Waals surface area contributed by atoms with Crippen molar-refractivity contribution in [2.75, 3.05) is 0 Å². The molecule has 0 aliphatic rings. The molecule has 2 atom stereocenters. The third kappa shape index (κ3) is 6.43. The number of allylic oxidation sites excluding steroid dienone is 2. The molecule has 1 aromatic heterocycles. The maximum atomic E-state index is 15.2. The lowest BCUT2D eigenvalue weighted by atomic mass is 9.90. The summed E-state index contributed by atoms with van der Waals surface area (Å²) in [5, 5.41) is 40.5. The zero-order chi connectivity index (χ0) is 25.7. The molecular formula is C25H26F2N4O4. The Labute approximate surface area is 200 Å². The van der Waals surface area contributed by atoms with E-state index in [1.165, 1.54) is 41.1 Å². The maximum absolute atomic E-state index is 15.2. The van der Waals surface area contributed by atoms with Crippen molar-refractivity contribution in [3.63, 3.8) is 0 Å². The Kier molecular flexibility index (Phi) is 8.21. The molecule has 8 nitrogen and oxygen atoms in total. The number of hydrogen-bond acceptors (Lipinski definition) is 6. The van der Waals surface area contributed by atoms with E-state index in [1.54, 1.807) is 33.0 Å². The summed E-state index contributed by atoms with van der Waals surface area (Å²) in [5.41, 5.74) is 1.93. The Hall–Kier alpha value is -3.76. The fourth-order valence-electron chi connectivity index (χ4n) is 3.66. The number of rotatable bonds is 9. The van der Waals surface area contributed by atoms with Crippen LogP contribution in [-0.2, 0) is 11.8 Å². The molecule has 0 bridgehead atoms. The number of tetrazole rings is 1. The van der Waals surface area contributed by atoms with Crippen molar-refractivity contribution in [1.29, 1.82) is 0 Å². The zero-order valence-corrected chi connectivity index (χ0v) is 19.5. The minimum absolute atomic E-state index is 0.0985. The number of aliphatic hydroxyl groups excluding tert-OH is 2. The molecule has 0 aliphatic carbocycles. The van der Waals surface area contributed by atoms with Crippen molar-refractivity contribution in [3.05, 3.63) is 88.3 Å². The molecule has 0 aliphatic heterocycles. The van der Waals surface area contributed by atoms with Crippen molar-refractivity contribution < 1.29 is 28.9 Å². The van der Waals surface area contributed by atoms with Crippen LogP contribution in [0.3, 0.4) is 0 Å². The summed E-state index contributed by atoms with van der Waals surface area (Å²) in [6, 6.07) is 9.10. The molecule has 2 aromatic carbocycles. The van der Waals surface area contributed by atoms with Gasteiger partial charge in [-0.05, 0) is 47.5 Å². The van der Waals surface area contributed by atoms with Crippen LogP contribution < -0.4 is 0 Å². The number of carboxylic acid groups (broad SMARTS) is 1. The zero-order valence-electron chi connectivity index (χ0n) is 19.5. The van der Waals surface area contributed by atoms with Crippen LogP contribution in [0.5, 0.6) is 0 Å². The van der Waals surface area contributed by atoms with E-state index in [0.717, 1.165) is 0 Å². The largest absolute Gasteiger partial charge is 0.481 e. The number of carboxylic acids is 1. The molecule has 10 heteroatoms. The molecule has 0 saturated heterocycles. The van der Waals surface area contributed by atoms with Crippen LogP contribution >= 0.6 is 0 Å². The highest BCUT2D eigenvalue weighted by Gasteiger charge is 2.22. The van der Waals surface area contributed by atoms with Gasteiger partial charge in [0.15, 0.2) is 5.82 Å².